The Morgan fingerprint density at radius 1 is 1.35 bits per heavy atom. The number of hydrogen-bond donors (Lipinski definition) is 2. The number of nitrogens with one attached hydrogen (secondary N) is 2. The molecule has 4 nitrogen and oxygen atoms in total. The molecule has 0 spiro atoms. The van der Waals surface area contributed by atoms with Crippen LogP contribution in [0.5, 0.6) is 0 Å². The van der Waals surface area contributed by atoms with E-state index in [1.807, 2.05) is 6.07 Å². The van der Waals surface area contributed by atoms with Crippen molar-refractivity contribution in [1.82, 2.24) is 10.6 Å². The van der Waals surface area contributed by atoms with Gasteiger partial charge < -0.3 is 10.6 Å². The fraction of sp³-hybridized carbons (Fsp3) is 0.846. The van der Waals surface area contributed by atoms with E-state index in [0.717, 1.165) is 5.92 Å². The Balaban J connectivity index is 2.07. The second-order valence-electron chi connectivity index (χ2n) is 4.76. The molecule has 1 amide bonds. The van der Waals surface area contributed by atoms with Gasteiger partial charge in [0.1, 0.15) is 0 Å². The van der Waals surface area contributed by atoms with Gasteiger partial charge in [0, 0.05) is 12.6 Å². The van der Waals surface area contributed by atoms with Crippen LogP contribution in [0.1, 0.15) is 45.4 Å². The first kappa shape index (κ1) is 14.0. The first-order valence-electron chi connectivity index (χ1n) is 6.63. The summed E-state index contributed by atoms with van der Waals surface area (Å²) in [6.45, 7) is 3.09. The summed E-state index contributed by atoms with van der Waals surface area (Å²) < 4.78 is 0. The molecule has 96 valence electrons. The Hall–Kier alpha value is -1.08. The molecule has 1 aliphatic rings. The summed E-state index contributed by atoms with van der Waals surface area (Å²) in [4.78, 5) is 11.4. The molecule has 0 atom stereocenters. The predicted octanol–water partition coefficient (Wildman–Crippen LogP) is 1.57. The highest BCUT2D eigenvalue weighted by Crippen LogP contribution is 2.26. The van der Waals surface area contributed by atoms with Crippen LogP contribution in [0.2, 0.25) is 0 Å². The van der Waals surface area contributed by atoms with Crippen molar-refractivity contribution in [3.05, 3.63) is 0 Å². The lowest BCUT2D eigenvalue weighted by Crippen LogP contribution is -2.41. The zero-order chi connectivity index (χ0) is 12.5. The molecule has 0 radical (unpaired) electrons. The Morgan fingerprint density at radius 3 is 2.65 bits per heavy atom. The maximum Gasteiger partial charge on any atom is 0.233 e. The van der Waals surface area contributed by atoms with Crippen molar-refractivity contribution in [1.29, 1.82) is 5.26 Å². The van der Waals surface area contributed by atoms with Gasteiger partial charge >= 0.3 is 0 Å². The number of nitrogens with zero attached hydrogens (tertiary/aromatic N) is 1. The molecule has 0 unspecified atom stereocenters. The molecular formula is C13H23N3O. The molecule has 0 heterocycles. The number of rotatable bonds is 6. The van der Waals surface area contributed by atoms with E-state index in [2.05, 4.69) is 17.6 Å². The lowest BCUT2D eigenvalue weighted by atomic mass is 9.84. The third kappa shape index (κ3) is 5.69. The summed E-state index contributed by atoms with van der Waals surface area (Å²) >= 11 is 0. The molecule has 1 fully saturated rings. The predicted molar refractivity (Wildman–Crippen MR) is 67.3 cm³/mol. The minimum Gasteiger partial charge on any atom is -0.354 e. The number of amides is 1. The molecule has 1 aliphatic carbocycles. The summed E-state index contributed by atoms with van der Waals surface area (Å²) in [7, 11) is 0. The Bertz CT molecular complexity index is 264. The largest absolute Gasteiger partial charge is 0.354 e. The fourth-order valence-corrected chi connectivity index (χ4v) is 2.33. The van der Waals surface area contributed by atoms with E-state index in [1.54, 1.807) is 0 Å². The highest BCUT2D eigenvalue weighted by Gasteiger charge is 2.19. The smallest absolute Gasteiger partial charge is 0.233 e. The van der Waals surface area contributed by atoms with Crippen LogP contribution >= 0.6 is 0 Å². The van der Waals surface area contributed by atoms with Crippen molar-refractivity contribution in [2.45, 2.75) is 51.5 Å². The quantitative estimate of drug-likeness (QED) is 0.689. The molecule has 17 heavy (non-hydrogen) atoms. The Morgan fingerprint density at radius 2 is 2.06 bits per heavy atom. The van der Waals surface area contributed by atoms with Crippen LogP contribution in [-0.2, 0) is 4.79 Å². The summed E-state index contributed by atoms with van der Waals surface area (Å²) in [6.07, 6.45) is 6.59. The SMILES string of the molecule is CCC1CCC(NCC(=O)NCCC#N)CC1. The van der Waals surface area contributed by atoms with Gasteiger partial charge in [-0.05, 0) is 31.6 Å². The fourth-order valence-electron chi connectivity index (χ4n) is 2.33. The molecule has 1 rings (SSSR count). The summed E-state index contributed by atoms with van der Waals surface area (Å²) in [5.74, 6) is 0.885. The van der Waals surface area contributed by atoms with Crippen LogP contribution in [0.25, 0.3) is 0 Å². The molecule has 0 aromatic carbocycles. The van der Waals surface area contributed by atoms with Crippen molar-refractivity contribution < 1.29 is 4.79 Å². The average molecular weight is 237 g/mol. The minimum absolute atomic E-state index is 0.00198. The third-order valence-corrected chi connectivity index (χ3v) is 3.53. The molecular weight excluding hydrogens is 214 g/mol. The van der Waals surface area contributed by atoms with Crippen LogP contribution in [0.15, 0.2) is 0 Å². The van der Waals surface area contributed by atoms with Crippen LogP contribution in [-0.4, -0.2) is 25.0 Å². The summed E-state index contributed by atoms with van der Waals surface area (Å²) in [5.41, 5.74) is 0. The van der Waals surface area contributed by atoms with Gasteiger partial charge in [0.15, 0.2) is 0 Å². The molecule has 1 saturated carbocycles. The Kier molecular flexibility index (Phi) is 6.64. The van der Waals surface area contributed by atoms with Crippen LogP contribution in [0, 0.1) is 17.2 Å². The zero-order valence-corrected chi connectivity index (χ0v) is 10.7. The monoisotopic (exact) mass is 237 g/mol. The van der Waals surface area contributed by atoms with Crippen molar-refractivity contribution in [3.8, 4) is 6.07 Å². The van der Waals surface area contributed by atoms with Gasteiger partial charge in [0.05, 0.1) is 19.0 Å². The van der Waals surface area contributed by atoms with E-state index in [-0.39, 0.29) is 5.91 Å². The number of hydrogen-bond acceptors (Lipinski definition) is 3. The van der Waals surface area contributed by atoms with Gasteiger partial charge in [-0.2, -0.15) is 5.26 Å². The lowest BCUT2D eigenvalue weighted by Gasteiger charge is -2.28. The lowest BCUT2D eigenvalue weighted by molar-refractivity contribution is -0.120. The Labute approximate surface area is 104 Å². The highest BCUT2D eigenvalue weighted by atomic mass is 16.1. The van der Waals surface area contributed by atoms with Crippen molar-refractivity contribution in [3.63, 3.8) is 0 Å². The highest BCUT2D eigenvalue weighted by molar-refractivity contribution is 5.77. The van der Waals surface area contributed by atoms with Crippen LogP contribution < -0.4 is 10.6 Å². The van der Waals surface area contributed by atoms with E-state index in [4.69, 9.17) is 5.26 Å². The summed E-state index contributed by atoms with van der Waals surface area (Å²) in [5, 5.41) is 14.4. The molecule has 0 saturated heterocycles. The first-order chi connectivity index (χ1) is 8.26. The van der Waals surface area contributed by atoms with Gasteiger partial charge in [0.2, 0.25) is 5.91 Å². The number of carbonyl (C=O) groups is 1. The van der Waals surface area contributed by atoms with E-state index >= 15 is 0 Å². The standard InChI is InChI=1S/C13H23N3O/c1-2-11-4-6-12(7-5-11)16-10-13(17)15-9-3-8-14/h11-12,16H,2-7,9-10H2,1H3,(H,15,17). The minimum atomic E-state index is -0.00198. The molecule has 2 N–H and O–H groups in total. The van der Waals surface area contributed by atoms with Crippen LogP contribution in [0.4, 0.5) is 0 Å². The number of carbonyl (C=O) groups excluding carboxylic acids is 1. The molecule has 0 aromatic rings. The van der Waals surface area contributed by atoms with Crippen LogP contribution in [0.3, 0.4) is 0 Å². The van der Waals surface area contributed by atoms with Gasteiger partial charge in [-0.1, -0.05) is 13.3 Å². The van der Waals surface area contributed by atoms with E-state index < -0.39 is 0 Å². The van der Waals surface area contributed by atoms with E-state index in [1.165, 1.54) is 32.1 Å². The average Bonchev–Trinajstić information content (AvgIpc) is 2.37. The third-order valence-electron chi connectivity index (χ3n) is 3.53. The van der Waals surface area contributed by atoms with Gasteiger partial charge in [-0.25, -0.2) is 0 Å². The molecule has 4 heteroatoms. The van der Waals surface area contributed by atoms with Gasteiger partial charge in [0.25, 0.3) is 0 Å². The maximum atomic E-state index is 11.4. The normalized spacial score (nSPS) is 24.0. The van der Waals surface area contributed by atoms with Crippen molar-refractivity contribution in [2.75, 3.05) is 13.1 Å². The zero-order valence-electron chi connectivity index (χ0n) is 10.7. The summed E-state index contributed by atoms with van der Waals surface area (Å²) in [6, 6.07) is 2.50. The first-order valence-corrected chi connectivity index (χ1v) is 6.63. The maximum absolute atomic E-state index is 11.4. The molecule has 0 aliphatic heterocycles. The van der Waals surface area contributed by atoms with Gasteiger partial charge in [-0.15, -0.1) is 0 Å². The topological polar surface area (TPSA) is 64.9 Å². The number of nitriles is 1. The van der Waals surface area contributed by atoms with E-state index in [9.17, 15) is 4.79 Å². The molecule has 0 aromatic heterocycles. The second-order valence-corrected chi connectivity index (χ2v) is 4.76. The second kappa shape index (κ2) is 8.08. The molecule has 0 bridgehead atoms. The van der Waals surface area contributed by atoms with Crippen molar-refractivity contribution >= 4 is 5.91 Å². The van der Waals surface area contributed by atoms with Gasteiger partial charge in [-0.3, -0.25) is 4.79 Å². The van der Waals surface area contributed by atoms with E-state index in [0.29, 0.717) is 25.6 Å². The van der Waals surface area contributed by atoms with Crippen molar-refractivity contribution in [2.24, 2.45) is 5.92 Å².